The monoisotopic (exact) mass is 259 g/mol. The van der Waals surface area contributed by atoms with Gasteiger partial charge in [0.05, 0.1) is 7.11 Å². The average molecular weight is 259 g/mol. The van der Waals surface area contributed by atoms with E-state index >= 15 is 0 Å². The topological polar surface area (TPSA) is 12.5 Å². The summed E-state index contributed by atoms with van der Waals surface area (Å²) in [5.41, 5.74) is 1.49. The van der Waals surface area contributed by atoms with E-state index in [4.69, 9.17) is 4.74 Å². The molecule has 1 aromatic rings. The van der Waals surface area contributed by atoms with E-state index in [1.807, 2.05) is 0 Å². The Morgan fingerprint density at radius 2 is 2.00 bits per heavy atom. The second kappa shape index (κ2) is 5.54. The zero-order chi connectivity index (χ0) is 13.2. The Balaban J connectivity index is 1.88. The second-order valence-electron chi connectivity index (χ2n) is 6.31. The fraction of sp³-hybridized carbons (Fsp3) is 0.647. The van der Waals surface area contributed by atoms with Gasteiger partial charge in [-0.15, -0.1) is 0 Å². The van der Waals surface area contributed by atoms with Gasteiger partial charge in [0, 0.05) is 13.1 Å². The Morgan fingerprint density at radius 3 is 2.84 bits per heavy atom. The van der Waals surface area contributed by atoms with Gasteiger partial charge in [0.25, 0.3) is 0 Å². The molecule has 1 aromatic carbocycles. The summed E-state index contributed by atoms with van der Waals surface area (Å²) in [5, 5.41) is 0. The molecule has 0 unspecified atom stereocenters. The largest absolute Gasteiger partial charge is 0.497 e. The third-order valence-electron chi connectivity index (χ3n) is 5.05. The summed E-state index contributed by atoms with van der Waals surface area (Å²) >= 11 is 0. The molecule has 3 atom stereocenters. The molecule has 2 fully saturated rings. The molecule has 0 radical (unpaired) electrons. The SMILES string of the molecule is COc1cccc([C@@H]2CCCC[C@H]3CN(C)C[C@H]32)c1. The summed E-state index contributed by atoms with van der Waals surface area (Å²) in [6.07, 6.45) is 5.58. The molecule has 0 spiro atoms. The number of rotatable bonds is 2. The first-order valence-corrected chi connectivity index (χ1v) is 7.60. The lowest BCUT2D eigenvalue weighted by Gasteiger charge is -2.26. The van der Waals surface area contributed by atoms with Crippen LogP contribution in [0.5, 0.6) is 5.75 Å². The number of ether oxygens (including phenoxy) is 1. The minimum absolute atomic E-state index is 0.729. The van der Waals surface area contributed by atoms with E-state index in [1.165, 1.54) is 44.3 Å². The summed E-state index contributed by atoms with van der Waals surface area (Å²) in [4.78, 5) is 2.52. The van der Waals surface area contributed by atoms with Crippen LogP contribution in [0.15, 0.2) is 24.3 Å². The predicted octanol–water partition coefficient (Wildman–Crippen LogP) is 3.53. The first-order chi connectivity index (χ1) is 9.28. The van der Waals surface area contributed by atoms with Crippen molar-refractivity contribution in [2.45, 2.75) is 31.6 Å². The van der Waals surface area contributed by atoms with Gasteiger partial charge in [-0.05, 0) is 55.3 Å². The number of likely N-dealkylation sites (tertiary alicyclic amines) is 1. The second-order valence-corrected chi connectivity index (χ2v) is 6.31. The maximum atomic E-state index is 5.40. The fourth-order valence-corrected chi connectivity index (χ4v) is 4.15. The minimum Gasteiger partial charge on any atom is -0.497 e. The number of fused-ring (bicyclic) bond motifs is 1. The molecule has 1 aliphatic heterocycles. The van der Waals surface area contributed by atoms with Crippen LogP contribution in [-0.4, -0.2) is 32.1 Å². The quantitative estimate of drug-likeness (QED) is 0.805. The molecular weight excluding hydrogens is 234 g/mol. The van der Waals surface area contributed by atoms with Crippen molar-refractivity contribution >= 4 is 0 Å². The van der Waals surface area contributed by atoms with Crippen LogP contribution in [0.4, 0.5) is 0 Å². The van der Waals surface area contributed by atoms with Gasteiger partial charge in [0.2, 0.25) is 0 Å². The molecule has 0 N–H and O–H groups in total. The van der Waals surface area contributed by atoms with Crippen LogP contribution in [0.2, 0.25) is 0 Å². The van der Waals surface area contributed by atoms with Crippen molar-refractivity contribution in [3.63, 3.8) is 0 Å². The van der Waals surface area contributed by atoms with Crippen LogP contribution >= 0.6 is 0 Å². The smallest absolute Gasteiger partial charge is 0.119 e. The number of methoxy groups -OCH3 is 1. The van der Waals surface area contributed by atoms with Crippen LogP contribution in [0, 0.1) is 11.8 Å². The molecular formula is C17H25NO. The summed E-state index contributed by atoms with van der Waals surface area (Å²) in [7, 11) is 4.04. The molecule has 104 valence electrons. The third kappa shape index (κ3) is 2.64. The number of nitrogens with zero attached hydrogens (tertiary/aromatic N) is 1. The number of benzene rings is 1. The van der Waals surface area contributed by atoms with Crippen molar-refractivity contribution < 1.29 is 4.74 Å². The van der Waals surface area contributed by atoms with Crippen LogP contribution in [0.3, 0.4) is 0 Å². The van der Waals surface area contributed by atoms with E-state index in [-0.39, 0.29) is 0 Å². The molecule has 0 amide bonds. The maximum absolute atomic E-state index is 5.40. The Kier molecular flexibility index (Phi) is 3.79. The standard InChI is InChI=1S/C17H25NO/c1-18-11-14-6-3-4-9-16(17(14)12-18)13-7-5-8-15(10-13)19-2/h5,7-8,10,14,16-17H,3-4,6,9,11-12H2,1-2H3/t14-,16-,17+/m0/s1. The van der Waals surface area contributed by atoms with Crippen molar-refractivity contribution in [1.82, 2.24) is 4.90 Å². The van der Waals surface area contributed by atoms with E-state index in [0.717, 1.165) is 23.5 Å². The van der Waals surface area contributed by atoms with Crippen LogP contribution in [0.25, 0.3) is 0 Å². The van der Waals surface area contributed by atoms with Crippen molar-refractivity contribution in [2.75, 3.05) is 27.2 Å². The summed E-state index contributed by atoms with van der Waals surface area (Å²) in [6, 6.07) is 8.75. The van der Waals surface area contributed by atoms with E-state index in [9.17, 15) is 0 Å². The molecule has 2 nitrogen and oxygen atoms in total. The van der Waals surface area contributed by atoms with Crippen molar-refractivity contribution in [2.24, 2.45) is 11.8 Å². The minimum atomic E-state index is 0.729. The van der Waals surface area contributed by atoms with E-state index in [0.29, 0.717) is 0 Å². The lowest BCUT2D eigenvalue weighted by atomic mass is 9.79. The molecule has 0 bridgehead atoms. The highest BCUT2D eigenvalue weighted by Crippen LogP contribution is 2.43. The first kappa shape index (κ1) is 13.0. The van der Waals surface area contributed by atoms with Gasteiger partial charge < -0.3 is 9.64 Å². The number of hydrogen-bond donors (Lipinski definition) is 0. The van der Waals surface area contributed by atoms with Gasteiger partial charge >= 0.3 is 0 Å². The molecule has 2 heteroatoms. The highest BCUT2D eigenvalue weighted by Gasteiger charge is 2.38. The Bertz CT molecular complexity index is 431. The van der Waals surface area contributed by atoms with Gasteiger partial charge in [-0.2, -0.15) is 0 Å². The zero-order valence-corrected chi connectivity index (χ0v) is 12.1. The summed E-state index contributed by atoms with van der Waals surface area (Å²) in [5.74, 6) is 3.49. The lowest BCUT2D eigenvalue weighted by Crippen LogP contribution is -2.20. The van der Waals surface area contributed by atoms with Crippen molar-refractivity contribution in [1.29, 1.82) is 0 Å². The van der Waals surface area contributed by atoms with Crippen molar-refractivity contribution in [3.8, 4) is 5.75 Å². The fourth-order valence-electron chi connectivity index (χ4n) is 4.15. The van der Waals surface area contributed by atoms with E-state index < -0.39 is 0 Å². The predicted molar refractivity (Wildman–Crippen MR) is 78.7 cm³/mol. The molecule has 1 saturated heterocycles. The third-order valence-corrected chi connectivity index (χ3v) is 5.05. The Hall–Kier alpha value is -1.02. The normalized spacial score (nSPS) is 31.8. The van der Waals surface area contributed by atoms with E-state index in [1.54, 1.807) is 7.11 Å². The first-order valence-electron chi connectivity index (χ1n) is 7.60. The Labute approximate surface area is 116 Å². The van der Waals surface area contributed by atoms with E-state index in [2.05, 4.69) is 36.2 Å². The molecule has 19 heavy (non-hydrogen) atoms. The van der Waals surface area contributed by atoms with Gasteiger partial charge in [-0.1, -0.05) is 25.0 Å². The van der Waals surface area contributed by atoms with Gasteiger partial charge in [-0.25, -0.2) is 0 Å². The molecule has 1 heterocycles. The highest BCUT2D eigenvalue weighted by molar-refractivity contribution is 5.31. The molecule has 1 aliphatic carbocycles. The Morgan fingerprint density at radius 1 is 1.16 bits per heavy atom. The van der Waals surface area contributed by atoms with Crippen LogP contribution in [-0.2, 0) is 0 Å². The summed E-state index contributed by atoms with van der Waals surface area (Å²) < 4.78 is 5.40. The molecule has 2 aliphatic rings. The lowest BCUT2D eigenvalue weighted by molar-refractivity contribution is 0.346. The average Bonchev–Trinajstić information content (AvgIpc) is 2.69. The summed E-state index contributed by atoms with van der Waals surface area (Å²) in [6.45, 7) is 2.57. The highest BCUT2D eigenvalue weighted by atomic mass is 16.5. The maximum Gasteiger partial charge on any atom is 0.119 e. The van der Waals surface area contributed by atoms with Gasteiger partial charge in [-0.3, -0.25) is 0 Å². The van der Waals surface area contributed by atoms with Crippen LogP contribution < -0.4 is 4.74 Å². The van der Waals surface area contributed by atoms with Gasteiger partial charge in [0.1, 0.15) is 5.75 Å². The molecule has 1 saturated carbocycles. The zero-order valence-electron chi connectivity index (χ0n) is 12.1. The number of hydrogen-bond acceptors (Lipinski definition) is 2. The van der Waals surface area contributed by atoms with Crippen LogP contribution in [0.1, 0.15) is 37.2 Å². The molecule has 0 aromatic heterocycles. The van der Waals surface area contributed by atoms with Crippen molar-refractivity contribution in [3.05, 3.63) is 29.8 Å². The molecule has 3 rings (SSSR count). The van der Waals surface area contributed by atoms with Gasteiger partial charge in [0.15, 0.2) is 0 Å².